The lowest BCUT2D eigenvalue weighted by Gasteiger charge is -2.19. The second-order valence-corrected chi connectivity index (χ2v) is 8.10. The van der Waals surface area contributed by atoms with Gasteiger partial charge in [0.15, 0.2) is 0 Å². The smallest absolute Gasteiger partial charge is 0.293 e. The van der Waals surface area contributed by atoms with Gasteiger partial charge in [0.25, 0.3) is 11.1 Å². The van der Waals surface area contributed by atoms with Crippen LogP contribution >= 0.6 is 11.8 Å². The molecule has 2 aliphatic heterocycles. The predicted molar refractivity (Wildman–Crippen MR) is 111 cm³/mol. The van der Waals surface area contributed by atoms with Crippen LogP contribution in [0.15, 0.2) is 47.4 Å². The van der Waals surface area contributed by atoms with Crippen LogP contribution in [0.4, 0.5) is 14.9 Å². The Morgan fingerprint density at radius 1 is 1.11 bits per heavy atom. The summed E-state index contributed by atoms with van der Waals surface area (Å²) in [5.74, 6) is -0.621. The summed E-state index contributed by atoms with van der Waals surface area (Å²) in [6.45, 7) is 3.88. The van der Waals surface area contributed by atoms with E-state index in [9.17, 15) is 14.0 Å². The predicted octanol–water partition coefficient (Wildman–Crippen LogP) is 4.97. The minimum Gasteiger partial charge on any atom is -0.369 e. The van der Waals surface area contributed by atoms with Crippen molar-refractivity contribution in [3.8, 4) is 0 Å². The van der Waals surface area contributed by atoms with E-state index < -0.39 is 0 Å². The number of aryl methyl sites for hydroxylation is 1. The van der Waals surface area contributed by atoms with E-state index in [2.05, 4.69) is 4.90 Å². The van der Waals surface area contributed by atoms with Gasteiger partial charge in [0.2, 0.25) is 0 Å². The van der Waals surface area contributed by atoms with Crippen molar-refractivity contribution in [1.82, 2.24) is 4.90 Å². The van der Waals surface area contributed by atoms with Crippen molar-refractivity contribution < 1.29 is 14.0 Å². The minimum absolute atomic E-state index is 0.240. The van der Waals surface area contributed by atoms with Gasteiger partial charge in [-0.05, 0) is 66.4 Å². The number of nitrogens with zero attached hydrogens (tertiary/aromatic N) is 2. The summed E-state index contributed by atoms with van der Waals surface area (Å²) in [7, 11) is 0. The highest BCUT2D eigenvalue weighted by Crippen LogP contribution is 2.35. The minimum atomic E-state index is -0.331. The van der Waals surface area contributed by atoms with Gasteiger partial charge in [-0.25, -0.2) is 4.39 Å². The zero-order valence-corrected chi connectivity index (χ0v) is 16.5. The van der Waals surface area contributed by atoms with Gasteiger partial charge in [-0.15, -0.1) is 0 Å². The lowest BCUT2D eigenvalue weighted by molar-refractivity contribution is -0.123. The molecule has 6 heteroatoms. The van der Waals surface area contributed by atoms with E-state index in [1.807, 2.05) is 43.3 Å². The van der Waals surface area contributed by atoms with Gasteiger partial charge >= 0.3 is 0 Å². The number of hydrogen-bond acceptors (Lipinski definition) is 4. The molecule has 2 heterocycles. The molecule has 0 bridgehead atoms. The SMILES string of the molecule is Cc1cc(N2CCCC2)c(F)cc1C=C1SC(=O)N(Cc2ccccc2)C1=O. The highest BCUT2D eigenvalue weighted by molar-refractivity contribution is 8.18. The van der Waals surface area contributed by atoms with Crippen LogP contribution in [0.5, 0.6) is 0 Å². The van der Waals surface area contributed by atoms with Crippen LogP contribution in [0.2, 0.25) is 0 Å². The number of imide groups is 1. The highest BCUT2D eigenvalue weighted by atomic mass is 32.2. The van der Waals surface area contributed by atoms with Gasteiger partial charge in [-0.3, -0.25) is 14.5 Å². The molecule has 2 fully saturated rings. The lowest BCUT2D eigenvalue weighted by atomic mass is 10.1. The van der Waals surface area contributed by atoms with Crippen molar-refractivity contribution in [2.45, 2.75) is 26.3 Å². The molecule has 2 saturated heterocycles. The summed E-state index contributed by atoms with van der Waals surface area (Å²) in [6, 6.07) is 12.7. The van der Waals surface area contributed by atoms with E-state index >= 15 is 0 Å². The molecule has 4 nitrogen and oxygen atoms in total. The Bertz CT molecular complexity index is 953. The Hall–Kier alpha value is -2.60. The zero-order chi connectivity index (χ0) is 19.7. The Labute approximate surface area is 168 Å². The number of carbonyl (C=O) groups is 2. The molecular weight excluding hydrogens is 375 g/mol. The van der Waals surface area contributed by atoms with E-state index in [0.717, 1.165) is 48.8 Å². The lowest BCUT2D eigenvalue weighted by Crippen LogP contribution is -2.27. The molecule has 0 radical (unpaired) electrons. The Kier molecular flexibility index (Phi) is 5.22. The van der Waals surface area contributed by atoms with E-state index in [-0.39, 0.29) is 23.5 Å². The molecule has 0 aliphatic carbocycles. The summed E-state index contributed by atoms with van der Waals surface area (Å²) in [5, 5.41) is -0.299. The summed E-state index contributed by atoms with van der Waals surface area (Å²) in [5.41, 5.74) is 3.02. The van der Waals surface area contributed by atoms with Crippen molar-refractivity contribution in [2.75, 3.05) is 18.0 Å². The summed E-state index contributed by atoms with van der Waals surface area (Å²) in [6.07, 6.45) is 3.78. The number of amides is 2. The molecule has 0 spiro atoms. The monoisotopic (exact) mass is 396 g/mol. The van der Waals surface area contributed by atoms with Crippen LogP contribution < -0.4 is 4.90 Å². The number of carbonyl (C=O) groups excluding carboxylic acids is 2. The fourth-order valence-corrected chi connectivity index (χ4v) is 4.41. The molecule has 2 aliphatic rings. The van der Waals surface area contributed by atoms with Gasteiger partial charge in [0.1, 0.15) is 5.82 Å². The van der Waals surface area contributed by atoms with Crippen LogP contribution in [0, 0.1) is 12.7 Å². The van der Waals surface area contributed by atoms with Gasteiger partial charge in [-0.2, -0.15) is 0 Å². The van der Waals surface area contributed by atoms with E-state index in [4.69, 9.17) is 0 Å². The van der Waals surface area contributed by atoms with Gasteiger partial charge in [-0.1, -0.05) is 30.3 Å². The molecule has 28 heavy (non-hydrogen) atoms. The molecule has 2 amide bonds. The summed E-state index contributed by atoms with van der Waals surface area (Å²) < 4.78 is 14.7. The first kappa shape index (κ1) is 18.7. The van der Waals surface area contributed by atoms with Crippen LogP contribution in [0.25, 0.3) is 6.08 Å². The van der Waals surface area contributed by atoms with Crippen LogP contribution in [0.1, 0.15) is 29.5 Å². The topological polar surface area (TPSA) is 40.6 Å². The van der Waals surface area contributed by atoms with Crippen LogP contribution in [-0.4, -0.2) is 29.1 Å². The first-order chi connectivity index (χ1) is 13.5. The molecule has 2 aromatic rings. The molecule has 0 N–H and O–H groups in total. The Morgan fingerprint density at radius 3 is 2.54 bits per heavy atom. The van der Waals surface area contributed by atoms with Crippen molar-refractivity contribution >= 4 is 34.7 Å². The largest absolute Gasteiger partial charge is 0.369 e. The molecule has 0 saturated carbocycles. The van der Waals surface area contributed by atoms with Crippen molar-refractivity contribution in [1.29, 1.82) is 0 Å². The Morgan fingerprint density at radius 2 is 1.82 bits per heavy atom. The fraction of sp³-hybridized carbons (Fsp3) is 0.273. The van der Waals surface area contributed by atoms with Crippen LogP contribution in [-0.2, 0) is 11.3 Å². The quantitative estimate of drug-likeness (QED) is 0.684. The molecule has 0 aromatic heterocycles. The maximum atomic E-state index is 14.7. The number of anilines is 1. The second kappa shape index (κ2) is 7.80. The Balaban J connectivity index is 1.58. The van der Waals surface area contributed by atoms with Gasteiger partial charge in [0, 0.05) is 13.1 Å². The van der Waals surface area contributed by atoms with Crippen molar-refractivity contribution in [3.63, 3.8) is 0 Å². The normalized spacial score (nSPS) is 18.6. The standard InChI is InChI=1S/C22H21FN2O2S/c1-15-11-19(24-9-5-6-10-24)18(23)12-17(15)13-20-21(26)25(22(27)28-20)14-16-7-3-2-4-8-16/h2-4,7-8,11-13H,5-6,9-10,14H2,1H3. The van der Waals surface area contributed by atoms with Gasteiger partial charge in [0.05, 0.1) is 17.1 Å². The molecule has 2 aromatic carbocycles. The number of halogens is 1. The third kappa shape index (κ3) is 3.69. The number of thioether (sulfide) groups is 1. The second-order valence-electron chi connectivity index (χ2n) is 7.11. The maximum Gasteiger partial charge on any atom is 0.293 e. The first-order valence-corrected chi connectivity index (χ1v) is 10.2. The molecule has 4 rings (SSSR count). The number of benzene rings is 2. The molecule has 0 atom stereocenters. The number of hydrogen-bond donors (Lipinski definition) is 0. The van der Waals surface area contributed by atoms with Crippen LogP contribution in [0.3, 0.4) is 0 Å². The van der Waals surface area contributed by atoms with Gasteiger partial charge < -0.3 is 4.90 Å². The average molecular weight is 396 g/mol. The zero-order valence-electron chi connectivity index (χ0n) is 15.7. The van der Waals surface area contributed by atoms with Crippen molar-refractivity contribution in [3.05, 3.63) is 69.9 Å². The van der Waals surface area contributed by atoms with E-state index in [0.29, 0.717) is 16.2 Å². The first-order valence-electron chi connectivity index (χ1n) is 9.37. The van der Waals surface area contributed by atoms with Crippen molar-refractivity contribution in [2.24, 2.45) is 0 Å². The average Bonchev–Trinajstić information content (AvgIpc) is 3.30. The third-order valence-corrected chi connectivity index (χ3v) is 6.03. The maximum absolute atomic E-state index is 14.7. The van der Waals surface area contributed by atoms with E-state index in [1.165, 1.54) is 11.0 Å². The molecule has 144 valence electrons. The number of rotatable bonds is 4. The summed E-state index contributed by atoms with van der Waals surface area (Å²) >= 11 is 0.906. The highest BCUT2D eigenvalue weighted by Gasteiger charge is 2.35. The van der Waals surface area contributed by atoms with E-state index in [1.54, 1.807) is 6.08 Å². The third-order valence-electron chi connectivity index (χ3n) is 5.13. The molecule has 0 unspecified atom stereocenters. The fourth-order valence-electron chi connectivity index (χ4n) is 3.58. The molecular formula is C22H21FN2O2S. The summed E-state index contributed by atoms with van der Waals surface area (Å²) in [4.78, 5) is 28.6.